The van der Waals surface area contributed by atoms with Crippen LogP contribution in [0, 0.1) is 35.5 Å². The quantitative estimate of drug-likeness (QED) is 0.785. The van der Waals surface area contributed by atoms with Gasteiger partial charge in [-0.15, -0.1) is 5.10 Å². The minimum atomic E-state index is 0.351. The van der Waals surface area contributed by atoms with Gasteiger partial charge in [0.05, 0.1) is 17.4 Å². The van der Waals surface area contributed by atoms with E-state index in [0.717, 1.165) is 35.5 Å². The molecule has 8 aliphatic carbocycles. The molecule has 8 bridgehead atoms. The first-order chi connectivity index (χ1) is 12.2. The van der Waals surface area contributed by atoms with Crippen LogP contribution in [0.2, 0.25) is 0 Å². The SMILES string of the molecule is c1nnn(C23CC4CC(CC(C4)C2)C3)c1C12CC3CC(CC(C3)C1)C2. The zero-order valence-corrected chi connectivity index (χ0v) is 15.4. The van der Waals surface area contributed by atoms with Crippen molar-refractivity contribution in [3.63, 3.8) is 0 Å². The van der Waals surface area contributed by atoms with Crippen molar-refractivity contribution in [2.45, 2.75) is 88.0 Å². The molecular weight excluding hydrogens is 306 g/mol. The Bertz CT molecular complexity index is 588. The number of rotatable bonds is 2. The molecule has 0 amide bonds. The summed E-state index contributed by atoms with van der Waals surface area (Å²) >= 11 is 0. The lowest BCUT2D eigenvalue weighted by molar-refractivity contribution is -0.0608. The summed E-state index contributed by atoms with van der Waals surface area (Å²) in [5.74, 6) is 5.97. The van der Waals surface area contributed by atoms with Crippen LogP contribution < -0.4 is 0 Å². The second-order valence-corrected chi connectivity index (χ2v) is 11.4. The minimum Gasteiger partial charge on any atom is -0.243 e. The molecule has 0 spiro atoms. The van der Waals surface area contributed by atoms with Gasteiger partial charge in [0.25, 0.3) is 0 Å². The van der Waals surface area contributed by atoms with E-state index in [4.69, 9.17) is 5.21 Å². The molecule has 0 atom stereocenters. The fourth-order valence-corrected chi connectivity index (χ4v) is 9.70. The van der Waals surface area contributed by atoms with Crippen molar-refractivity contribution in [1.29, 1.82) is 0 Å². The van der Waals surface area contributed by atoms with Gasteiger partial charge < -0.3 is 0 Å². The van der Waals surface area contributed by atoms with Crippen LogP contribution in [0.25, 0.3) is 0 Å². The third-order valence-electron chi connectivity index (χ3n) is 9.59. The Morgan fingerprint density at radius 1 is 0.680 bits per heavy atom. The summed E-state index contributed by atoms with van der Waals surface area (Å²) in [4.78, 5) is 0. The molecule has 0 N–H and O–H groups in total. The molecule has 1 aromatic rings. The predicted molar refractivity (Wildman–Crippen MR) is 96.0 cm³/mol. The monoisotopic (exact) mass is 337 g/mol. The van der Waals surface area contributed by atoms with Gasteiger partial charge in [-0.1, -0.05) is 5.21 Å². The van der Waals surface area contributed by atoms with E-state index in [9.17, 15) is 0 Å². The van der Waals surface area contributed by atoms with Gasteiger partial charge in [-0.05, 0) is 113 Å². The van der Waals surface area contributed by atoms with Crippen LogP contribution in [0.5, 0.6) is 0 Å². The van der Waals surface area contributed by atoms with Gasteiger partial charge in [-0.25, -0.2) is 4.68 Å². The van der Waals surface area contributed by atoms with E-state index in [1.807, 2.05) is 0 Å². The topological polar surface area (TPSA) is 30.7 Å². The van der Waals surface area contributed by atoms with Gasteiger partial charge in [0, 0.05) is 5.41 Å². The highest BCUT2D eigenvalue weighted by molar-refractivity contribution is 5.23. The van der Waals surface area contributed by atoms with E-state index in [2.05, 4.69) is 16.0 Å². The van der Waals surface area contributed by atoms with E-state index < -0.39 is 0 Å². The van der Waals surface area contributed by atoms with Gasteiger partial charge in [-0.2, -0.15) is 0 Å². The van der Waals surface area contributed by atoms with Crippen molar-refractivity contribution in [3.05, 3.63) is 11.9 Å². The largest absolute Gasteiger partial charge is 0.243 e. The molecule has 8 fully saturated rings. The summed E-state index contributed by atoms with van der Waals surface area (Å²) < 4.78 is 2.56. The van der Waals surface area contributed by atoms with Crippen LogP contribution in [0.3, 0.4) is 0 Å². The Morgan fingerprint density at radius 2 is 1.12 bits per heavy atom. The molecule has 9 rings (SSSR count). The fraction of sp³-hybridized carbons (Fsp3) is 0.909. The Hall–Kier alpha value is -0.860. The molecule has 0 aliphatic heterocycles. The molecular formula is C22H31N3. The molecule has 25 heavy (non-hydrogen) atoms. The Balaban J connectivity index is 1.33. The van der Waals surface area contributed by atoms with E-state index in [1.54, 1.807) is 5.69 Å². The van der Waals surface area contributed by atoms with Crippen molar-refractivity contribution in [1.82, 2.24) is 15.0 Å². The second kappa shape index (κ2) is 4.51. The second-order valence-electron chi connectivity index (χ2n) is 11.4. The van der Waals surface area contributed by atoms with Crippen molar-refractivity contribution >= 4 is 0 Å². The lowest BCUT2D eigenvalue weighted by atomic mass is 9.48. The lowest BCUT2D eigenvalue weighted by Crippen LogP contribution is -2.55. The van der Waals surface area contributed by atoms with Crippen LogP contribution in [0.1, 0.15) is 82.7 Å². The minimum absolute atomic E-state index is 0.351. The molecule has 0 aromatic carbocycles. The molecule has 3 heteroatoms. The average molecular weight is 338 g/mol. The smallest absolute Gasteiger partial charge is 0.0731 e. The summed E-state index contributed by atoms with van der Waals surface area (Å²) in [6.45, 7) is 0. The molecule has 0 unspecified atom stereocenters. The summed E-state index contributed by atoms with van der Waals surface area (Å²) in [7, 11) is 0. The van der Waals surface area contributed by atoms with Gasteiger partial charge in [0.1, 0.15) is 0 Å². The normalized spacial score (nSPS) is 55.2. The average Bonchev–Trinajstić information content (AvgIpc) is 3.03. The highest BCUT2D eigenvalue weighted by Crippen LogP contribution is 2.63. The number of hydrogen-bond acceptors (Lipinski definition) is 2. The summed E-state index contributed by atoms with van der Waals surface area (Å²) in [5, 5.41) is 9.38. The summed E-state index contributed by atoms with van der Waals surface area (Å²) in [5.41, 5.74) is 2.37. The highest BCUT2D eigenvalue weighted by atomic mass is 15.5. The van der Waals surface area contributed by atoms with Crippen molar-refractivity contribution in [3.8, 4) is 0 Å². The molecule has 8 saturated carbocycles. The lowest BCUT2D eigenvalue weighted by Gasteiger charge is -2.59. The van der Waals surface area contributed by atoms with Gasteiger partial charge in [0.15, 0.2) is 0 Å². The van der Waals surface area contributed by atoms with Crippen molar-refractivity contribution < 1.29 is 0 Å². The molecule has 8 aliphatic rings. The molecule has 3 nitrogen and oxygen atoms in total. The maximum atomic E-state index is 4.83. The predicted octanol–water partition coefficient (Wildman–Crippen LogP) is 4.67. The van der Waals surface area contributed by atoms with Crippen LogP contribution in [-0.2, 0) is 11.0 Å². The van der Waals surface area contributed by atoms with Crippen molar-refractivity contribution in [2.75, 3.05) is 0 Å². The Kier molecular flexibility index (Phi) is 2.57. The van der Waals surface area contributed by atoms with Gasteiger partial charge in [-0.3, -0.25) is 0 Å². The summed E-state index contributed by atoms with van der Waals surface area (Å²) in [6, 6.07) is 0. The van der Waals surface area contributed by atoms with Gasteiger partial charge in [0.2, 0.25) is 0 Å². The maximum absolute atomic E-state index is 4.83. The maximum Gasteiger partial charge on any atom is 0.0731 e. The van der Waals surface area contributed by atoms with E-state index in [0.29, 0.717) is 11.0 Å². The zero-order chi connectivity index (χ0) is 16.2. The third kappa shape index (κ3) is 1.83. The Morgan fingerprint density at radius 3 is 1.60 bits per heavy atom. The van der Waals surface area contributed by atoms with Gasteiger partial charge >= 0.3 is 0 Å². The van der Waals surface area contributed by atoms with Crippen LogP contribution >= 0.6 is 0 Å². The first-order valence-electron chi connectivity index (χ1n) is 11.1. The number of nitrogens with zero attached hydrogens (tertiary/aromatic N) is 3. The number of hydrogen-bond donors (Lipinski definition) is 0. The standard InChI is InChI=1S/C22H31N3/c1-14-2-16-3-15(1)8-21(7-14,9-16)20-13-23-24-25(20)22-10-17-4-18(11-22)6-19(5-17)12-22/h13-19H,1-12H2. The van der Waals surface area contributed by atoms with E-state index in [-0.39, 0.29) is 0 Å². The molecule has 0 radical (unpaired) electrons. The van der Waals surface area contributed by atoms with Crippen LogP contribution in [0.4, 0.5) is 0 Å². The number of aromatic nitrogens is 3. The first kappa shape index (κ1) is 14.2. The Labute approximate surface area is 150 Å². The van der Waals surface area contributed by atoms with Crippen LogP contribution in [0.15, 0.2) is 6.20 Å². The highest BCUT2D eigenvalue weighted by Gasteiger charge is 2.57. The molecule has 0 saturated heterocycles. The van der Waals surface area contributed by atoms with Crippen molar-refractivity contribution in [2.24, 2.45) is 35.5 Å². The third-order valence-corrected chi connectivity index (χ3v) is 9.59. The van der Waals surface area contributed by atoms with Crippen LogP contribution in [-0.4, -0.2) is 15.0 Å². The molecule has 1 aromatic heterocycles. The zero-order valence-electron chi connectivity index (χ0n) is 15.4. The first-order valence-corrected chi connectivity index (χ1v) is 11.1. The van der Waals surface area contributed by atoms with E-state index in [1.165, 1.54) is 77.0 Å². The fourth-order valence-electron chi connectivity index (χ4n) is 9.70. The molecule has 134 valence electrons. The van der Waals surface area contributed by atoms with E-state index >= 15 is 0 Å². The molecule has 1 heterocycles. The summed E-state index contributed by atoms with van der Waals surface area (Å²) in [6.07, 6.45) is 19.9.